The minimum Gasteiger partial charge on any atom is -0.443 e. The average molecular weight is 450 g/mol. The summed E-state index contributed by atoms with van der Waals surface area (Å²) in [5.74, 6) is -0.206. The lowest BCUT2D eigenvalue weighted by Gasteiger charge is -2.21. The minimum atomic E-state index is -0.601. The van der Waals surface area contributed by atoms with Crippen LogP contribution in [0.25, 0.3) is 0 Å². The van der Waals surface area contributed by atoms with Gasteiger partial charge in [0.1, 0.15) is 17.5 Å². The summed E-state index contributed by atoms with van der Waals surface area (Å²) in [5.41, 5.74) is 2.62. The fourth-order valence-electron chi connectivity index (χ4n) is 2.85. The molecule has 2 aliphatic heterocycles. The second kappa shape index (κ2) is 8.86. The zero-order chi connectivity index (χ0) is 19.8. The van der Waals surface area contributed by atoms with Crippen molar-refractivity contribution in [1.29, 1.82) is 0 Å². The van der Waals surface area contributed by atoms with Gasteiger partial charge in [-0.2, -0.15) is 0 Å². The van der Waals surface area contributed by atoms with E-state index in [9.17, 15) is 9.59 Å². The van der Waals surface area contributed by atoms with Crippen molar-refractivity contribution in [2.75, 3.05) is 31.5 Å². The van der Waals surface area contributed by atoms with Crippen molar-refractivity contribution < 1.29 is 14.3 Å². The van der Waals surface area contributed by atoms with Crippen molar-refractivity contribution in [2.24, 2.45) is 5.41 Å². The van der Waals surface area contributed by atoms with E-state index in [0.29, 0.717) is 24.5 Å². The van der Waals surface area contributed by atoms with E-state index in [1.807, 2.05) is 0 Å². The maximum atomic E-state index is 12.4. The lowest BCUT2D eigenvalue weighted by molar-refractivity contribution is -0.123. The fourth-order valence-corrected chi connectivity index (χ4v) is 3.15. The molecule has 3 rings (SSSR count). The molecule has 1 aromatic heterocycles. The van der Waals surface area contributed by atoms with Gasteiger partial charge in [0.2, 0.25) is 5.91 Å². The van der Waals surface area contributed by atoms with Crippen molar-refractivity contribution in [3.63, 3.8) is 0 Å². The predicted octanol–water partition coefficient (Wildman–Crippen LogP) is 3.65. The number of anilines is 1. The van der Waals surface area contributed by atoms with Crippen LogP contribution in [0.5, 0.6) is 0 Å². The van der Waals surface area contributed by atoms with E-state index in [4.69, 9.17) is 27.9 Å². The molecular weight excluding hydrogens is 427 g/mol. The minimum absolute atomic E-state index is 0. The number of aromatic nitrogens is 1. The Morgan fingerprint density at radius 3 is 2.43 bits per heavy atom. The first kappa shape index (κ1) is 22.7. The Kier molecular flexibility index (Phi) is 7.20. The van der Waals surface area contributed by atoms with E-state index >= 15 is 0 Å². The number of rotatable bonds is 3. The number of hydrogen-bond donors (Lipinski definition) is 2. The van der Waals surface area contributed by atoms with Gasteiger partial charge in [0.15, 0.2) is 0 Å². The molecule has 0 radical (unpaired) electrons. The fraction of sp³-hybridized carbons (Fsp3) is 0.500. The summed E-state index contributed by atoms with van der Waals surface area (Å²) >= 11 is 12.0. The largest absolute Gasteiger partial charge is 0.443 e. The van der Waals surface area contributed by atoms with Crippen molar-refractivity contribution in [2.45, 2.75) is 27.4 Å². The maximum absolute atomic E-state index is 12.4. The number of nitrogens with zero attached hydrogens (tertiary/aromatic N) is 2. The highest BCUT2D eigenvalue weighted by Crippen LogP contribution is 2.28. The molecule has 10 heteroatoms. The highest BCUT2D eigenvalue weighted by molar-refractivity contribution is 6.41. The number of amides is 2. The molecule has 7 nitrogen and oxygen atoms in total. The van der Waals surface area contributed by atoms with E-state index in [1.54, 1.807) is 25.7 Å². The first-order valence-corrected chi connectivity index (χ1v) is 9.39. The van der Waals surface area contributed by atoms with Crippen LogP contribution in [-0.2, 0) is 16.1 Å². The van der Waals surface area contributed by atoms with Crippen LogP contribution in [0.2, 0.25) is 10.2 Å². The molecule has 0 saturated heterocycles. The van der Waals surface area contributed by atoms with Crippen molar-refractivity contribution >= 4 is 53.3 Å². The molecule has 154 valence electrons. The Morgan fingerprint density at radius 2 is 1.86 bits per heavy atom. The SMILES string of the molecule is CC(C)(C)C(=O)Nc1cc(Cl)c(Cl)nc1COC(=O)N1CC2=C(CNC2)C1.Cl. The summed E-state index contributed by atoms with van der Waals surface area (Å²) in [4.78, 5) is 30.5. The summed E-state index contributed by atoms with van der Waals surface area (Å²) in [6.07, 6.45) is -0.426. The molecule has 1 aromatic rings. The van der Waals surface area contributed by atoms with Crippen LogP contribution in [0.3, 0.4) is 0 Å². The molecule has 0 saturated carbocycles. The second-order valence-electron chi connectivity index (χ2n) is 7.68. The molecule has 0 aliphatic carbocycles. The van der Waals surface area contributed by atoms with Crippen molar-refractivity contribution in [1.82, 2.24) is 15.2 Å². The summed E-state index contributed by atoms with van der Waals surface area (Å²) in [6, 6.07) is 1.52. The predicted molar refractivity (Wildman–Crippen MR) is 111 cm³/mol. The number of carbonyl (C=O) groups excluding carboxylic acids is 2. The lowest BCUT2D eigenvalue weighted by atomic mass is 9.95. The van der Waals surface area contributed by atoms with E-state index < -0.39 is 11.5 Å². The van der Waals surface area contributed by atoms with E-state index in [0.717, 1.165) is 13.1 Å². The summed E-state index contributed by atoms with van der Waals surface area (Å²) in [6.45, 7) is 8.04. The highest BCUT2D eigenvalue weighted by atomic mass is 35.5. The van der Waals surface area contributed by atoms with E-state index in [2.05, 4.69) is 15.6 Å². The molecule has 0 unspecified atom stereocenters. The number of ether oxygens (including phenoxy) is 1. The Bertz CT molecular complexity index is 805. The van der Waals surface area contributed by atoms with E-state index in [1.165, 1.54) is 17.2 Å². The highest BCUT2D eigenvalue weighted by Gasteiger charge is 2.29. The van der Waals surface area contributed by atoms with Crippen LogP contribution in [0, 0.1) is 5.41 Å². The van der Waals surface area contributed by atoms with Gasteiger partial charge < -0.3 is 20.3 Å². The van der Waals surface area contributed by atoms with Gasteiger partial charge in [0.25, 0.3) is 0 Å². The molecule has 0 atom stereocenters. The Hall–Kier alpha value is -1.54. The Balaban J connectivity index is 0.00000280. The van der Waals surface area contributed by atoms with Gasteiger partial charge in [-0.1, -0.05) is 44.0 Å². The number of hydrogen-bond acceptors (Lipinski definition) is 5. The topological polar surface area (TPSA) is 83.6 Å². The van der Waals surface area contributed by atoms with Gasteiger partial charge >= 0.3 is 6.09 Å². The van der Waals surface area contributed by atoms with Crippen LogP contribution < -0.4 is 10.6 Å². The molecule has 0 spiro atoms. The molecular formula is C18H23Cl3N4O3. The molecule has 0 aromatic carbocycles. The quantitative estimate of drug-likeness (QED) is 0.544. The number of halogens is 3. The molecule has 2 N–H and O–H groups in total. The molecule has 3 heterocycles. The molecule has 2 amide bonds. The van der Waals surface area contributed by atoms with Gasteiger partial charge in [-0.15, -0.1) is 12.4 Å². The van der Waals surface area contributed by atoms with Gasteiger partial charge in [0.05, 0.1) is 10.7 Å². The van der Waals surface area contributed by atoms with Gasteiger partial charge in [0, 0.05) is 31.6 Å². The standard InChI is InChI=1S/C18H22Cl2N4O3.ClH/c1-18(2,3)16(25)23-13-4-12(19)15(20)22-14(13)9-27-17(26)24-7-10-5-21-6-11(10)8-24;/h4,21H,5-9H2,1-3H3,(H,23,25);1H. The lowest BCUT2D eigenvalue weighted by Crippen LogP contribution is -2.33. The van der Waals surface area contributed by atoms with Crippen molar-refractivity contribution in [3.8, 4) is 0 Å². The molecule has 0 fully saturated rings. The van der Waals surface area contributed by atoms with Gasteiger partial charge in [-0.25, -0.2) is 9.78 Å². The second-order valence-corrected chi connectivity index (χ2v) is 8.45. The smallest absolute Gasteiger partial charge is 0.410 e. The zero-order valence-corrected chi connectivity index (χ0v) is 18.2. The summed E-state index contributed by atoms with van der Waals surface area (Å²) in [7, 11) is 0. The van der Waals surface area contributed by atoms with Crippen LogP contribution in [0.1, 0.15) is 26.5 Å². The van der Waals surface area contributed by atoms with Crippen LogP contribution in [-0.4, -0.2) is 48.1 Å². The number of nitrogens with one attached hydrogen (secondary N) is 2. The van der Waals surface area contributed by atoms with E-state index in [-0.39, 0.29) is 35.1 Å². The Morgan fingerprint density at radius 1 is 1.25 bits per heavy atom. The third-order valence-corrected chi connectivity index (χ3v) is 5.15. The van der Waals surface area contributed by atoms with Crippen LogP contribution in [0.4, 0.5) is 10.5 Å². The molecule has 0 bridgehead atoms. The Labute approximate surface area is 180 Å². The normalized spacial score (nSPS) is 16.0. The summed E-state index contributed by atoms with van der Waals surface area (Å²) in [5, 5.41) is 6.34. The first-order chi connectivity index (χ1) is 12.6. The van der Waals surface area contributed by atoms with Crippen LogP contribution >= 0.6 is 35.6 Å². The molecule has 28 heavy (non-hydrogen) atoms. The monoisotopic (exact) mass is 448 g/mol. The molecule has 2 aliphatic rings. The van der Waals surface area contributed by atoms with Crippen LogP contribution in [0.15, 0.2) is 17.2 Å². The third kappa shape index (κ3) is 5.08. The average Bonchev–Trinajstić information content (AvgIpc) is 3.17. The third-order valence-electron chi connectivity index (χ3n) is 4.47. The number of pyridine rings is 1. The van der Waals surface area contributed by atoms with Gasteiger partial charge in [-0.3, -0.25) is 4.79 Å². The maximum Gasteiger partial charge on any atom is 0.410 e. The number of carbonyl (C=O) groups is 2. The first-order valence-electron chi connectivity index (χ1n) is 8.63. The summed E-state index contributed by atoms with van der Waals surface area (Å²) < 4.78 is 5.40. The van der Waals surface area contributed by atoms with Gasteiger partial charge in [-0.05, 0) is 17.2 Å². The zero-order valence-electron chi connectivity index (χ0n) is 15.9. The van der Waals surface area contributed by atoms with Crippen molar-refractivity contribution in [3.05, 3.63) is 33.1 Å².